The third kappa shape index (κ3) is 3.98. The molecule has 2 aromatic carbocycles. The number of fused-ring (bicyclic) bond motifs is 1. The maximum atomic E-state index is 13.0. The second-order valence-electron chi connectivity index (χ2n) is 7.46. The van der Waals surface area contributed by atoms with E-state index in [-0.39, 0.29) is 11.3 Å². The first-order chi connectivity index (χ1) is 12.8. The molecule has 0 saturated heterocycles. The van der Waals surface area contributed by atoms with Gasteiger partial charge in [-0.3, -0.25) is 4.79 Å². The Hall–Kier alpha value is -2.40. The van der Waals surface area contributed by atoms with E-state index in [1.165, 1.54) is 0 Å². The van der Waals surface area contributed by atoms with Crippen molar-refractivity contribution in [2.75, 3.05) is 18.7 Å². The predicted molar refractivity (Wildman–Crippen MR) is 113 cm³/mol. The summed E-state index contributed by atoms with van der Waals surface area (Å²) < 4.78 is 11.3. The van der Waals surface area contributed by atoms with E-state index in [0.29, 0.717) is 22.9 Å². The second kappa shape index (κ2) is 7.69. The molecule has 0 aliphatic carbocycles. The molecule has 0 aliphatic heterocycles. The number of nitrogens with one attached hydrogen (secondary N) is 1. The molecule has 0 atom stereocenters. The lowest BCUT2D eigenvalue weighted by atomic mass is 9.87. The molecule has 1 heterocycles. The van der Waals surface area contributed by atoms with Gasteiger partial charge in [0.2, 0.25) is 0 Å². The number of benzene rings is 2. The first-order valence-electron chi connectivity index (χ1n) is 8.84. The van der Waals surface area contributed by atoms with Crippen LogP contribution in [0.1, 0.15) is 42.5 Å². The Morgan fingerprint density at radius 1 is 1.19 bits per heavy atom. The number of para-hydroxylation sites is 1. The number of methoxy groups -OCH3 is 1. The van der Waals surface area contributed by atoms with Crippen LogP contribution in [0.5, 0.6) is 5.75 Å². The van der Waals surface area contributed by atoms with Gasteiger partial charge < -0.3 is 14.5 Å². The van der Waals surface area contributed by atoms with Crippen molar-refractivity contribution in [2.45, 2.75) is 31.9 Å². The Kier molecular flexibility index (Phi) is 5.51. The van der Waals surface area contributed by atoms with E-state index in [9.17, 15) is 4.79 Å². The summed E-state index contributed by atoms with van der Waals surface area (Å²) in [7, 11) is 1.60. The van der Waals surface area contributed by atoms with Crippen molar-refractivity contribution in [3.63, 3.8) is 0 Å². The number of thioether (sulfide) groups is 1. The van der Waals surface area contributed by atoms with Crippen LogP contribution in [0, 0.1) is 0 Å². The Labute approximate surface area is 164 Å². The summed E-state index contributed by atoms with van der Waals surface area (Å²) in [5.41, 5.74) is 3.37. The van der Waals surface area contributed by atoms with Gasteiger partial charge >= 0.3 is 0 Å². The van der Waals surface area contributed by atoms with Crippen LogP contribution >= 0.6 is 11.8 Å². The smallest absolute Gasteiger partial charge is 0.291 e. The highest BCUT2D eigenvalue weighted by molar-refractivity contribution is 7.97. The minimum atomic E-state index is -0.264. The molecule has 142 valence electrons. The van der Waals surface area contributed by atoms with Gasteiger partial charge in [0.25, 0.3) is 5.91 Å². The molecule has 27 heavy (non-hydrogen) atoms. The molecule has 0 bridgehead atoms. The van der Waals surface area contributed by atoms with E-state index in [0.717, 1.165) is 22.1 Å². The van der Waals surface area contributed by atoms with Crippen molar-refractivity contribution in [3.05, 3.63) is 59.4 Å². The Morgan fingerprint density at radius 2 is 1.93 bits per heavy atom. The standard InChI is InChI=1S/C22H25NO3S/c1-22(2,3)14-10-11-19(25-4)17(12-14)23-21(24)20-16(13-27-5)15-8-6-7-9-18(15)26-20/h6-12H,13H2,1-5H3,(H,23,24). The zero-order chi connectivity index (χ0) is 19.6. The lowest BCUT2D eigenvalue weighted by Crippen LogP contribution is -2.16. The van der Waals surface area contributed by atoms with Gasteiger partial charge in [-0.1, -0.05) is 45.0 Å². The number of carbonyl (C=O) groups is 1. The van der Waals surface area contributed by atoms with Crippen LogP contribution in [-0.4, -0.2) is 19.3 Å². The van der Waals surface area contributed by atoms with Gasteiger partial charge in [-0.15, -0.1) is 0 Å². The summed E-state index contributed by atoms with van der Waals surface area (Å²) in [4.78, 5) is 13.0. The maximum absolute atomic E-state index is 13.0. The van der Waals surface area contributed by atoms with E-state index < -0.39 is 0 Å². The zero-order valence-electron chi connectivity index (χ0n) is 16.4. The van der Waals surface area contributed by atoms with Crippen molar-refractivity contribution in [2.24, 2.45) is 0 Å². The summed E-state index contributed by atoms with van der Waals surface area (Å²) in [5, 5.41) is 3.96. The summed E-state index contributed by atoms with van der Waals surface area (Å²) in [6.45, 7) is 6.41. The quantitative estimate of drug-likeness (QED) is 0.600. The lowest BCUT2D eigenvalue weighted by Gasteiger charge is -2.21. The van der Waals surface area contributed by atoms with E-state index in [4.69, 9.17) is 9.15 Å². The first-order valence-corrected chi connectivity index (χ1v) is 10.2. The third-order valence-electron chi connectivity index (χ3n) is 4.51. The number of hydrogen-bond acceptors (Lipinski definition) is 4. The van der Waals surface area contributed by atoms with Crippen LogP contribution in [0.4, 0.5) is 5.69 Å². The van der Waals surface area contributed by atoms with Gasteiger partial charge in [0.05, 0.1) is 12.8 Å². The van der Waals surface area contributed by atoms with E-state index in [2.05, 4.69) is 26.1 Å². The van der Waals surface area contributed by atoms with Crippen LogP contribution in [0.3, 0.4) is 0 Å². The highest BCUT2D eigenvalue weighted by Gasteiger charge is 2.22. The summed E-state index contributed by atoms with van der Waals surface area (Å²) in [5.74, 6) is 1.42. The van der Waals surface area contributed by atoms with Gasteiger partial charge in [-0.05, 0) is 35.4 Å². The van der Waals surface area contributed by atoms with Crippen molar-refractivity contribution in [1.29, 1.82) is 0 Å². The predicted octanol–water partition coefficient (Wildman–Crippen LogP) is 5.85. The molecule has 1 N–H and O–H groups in total. The number of furan rings is 1. The molecule has 0 saturated carbocycles. The van der Waals surface area contributed by atoms with Crippen LogP contribution < -0.4 is 10.1 Å². The average Bonchev–Trinajstić information content (AvgIpc) is 3.00. The molecule has 0 fully saturated rings. The average molecular weight is 384 g/mol. The number of carbonyl (C=O) groups excluding carboxylic acids is 1. The Balaban J connectivity index is 2.01. The van der Waals surface area contributed by atoms with Crippen molar-refractivity contribution < 1.29 is 13.9 Å². The van der Waals surface area contributed by atoms with Crippen LogP contribution in [-0.2, 0) is 11.2 Å². The van der Waals surface area contributed by atoms with E-state index in [1.54, 1.807) is 18.9 Å². The summed E-state index contributed by atoms with van der Waals surface area (Å²) in [6.07, 6.45) is 2.01. The van der Waals surface area contributed by atoms with E-state index >= 15 is 0 Å². The molecular weight excluding hydrogens is 358 g/mol. The molecule has 4 nitrogen and oxygen atoms in total. The lowest BCUT2D eigenvalue weighted by molar-refractivity contribution is 0.0997. The van der Waals surface area contributed by atoms with Gasteiger partial charge in [0.15, 0.2) is 5.76 Å². The van der Waals surface area contributed by atoms with Crippen molar-refractivity contribution in [3.8, 4) is 5.75 Å². The fraction of sp³-hybridized carbons (Fsp3) is 0.318. The summed E-state index contributed by atoms with van der Waals surface area (Å²) >= 11 is 1.66. The minimum Gasteiger partial charge on any atom is -0.495 e. The van der Waals surface area contributed by atoms with Crippen molar-refractivity contribution >= 4 is 34.3 Å². The molecule has 0 spiro atoms. The number of anilines is 1. The topological polar surface area (TPSA) is 51.5 Å². The normalized spacial score (nSPS) is 11.6. The number of rotatable bonds is 5. The molecule has 0 radical (unpaired) electrons. The first kappa shape index (κ1) is 19.4. The zero-order valence-corrected chi connectivity index (χ0v) is 17.2. The number of ether oxygens (including phenoxy) is 1. The number of hydrogen-bond donors (Lipinski definition) is 1. The molecule has 0 aliphatic rings. The third-order valence-corrected chi connectivity index (χ3v) is 5.08. The summed E-state index contributed by atoms with van der Waals surface area (Å²) in [6, 6.07) is 13.6. The number of amides is 1. The van der Waals surface area contributed by atoms with Gasteiger partial charge in [-0.2, -0.15) is 11.8 Å². The largest absolute Gasteiger partial charge is 0.495 e. The Bertz CT molecular complexity index is 969. The monoisotopic (exact) mass is 383 g/mol. The van der Waals surface area contributed by atoms with Gasteiger partial charge in [0, 0.05) is 16.7 Å². The molecule has 1 amide bonds. The Morgan fingerprint density at radius 3 is 2.59 bits per heavy atom. The highest BCUT2D eigenvalue weighted by atomic mass is 32.2. The minimum absolute atomic E-state index is 0.0326. The van der Waals surface area contributed by atoms with Crippen LogP contribution in [0.2, 0.25) is 0 Å². The van der Waals surface area contributed by atoms with Gasteiger partial charge in [0.1, 0.15) is 11.3 Å². The molecule has 1 aromatic heterocycles. The molecule has 3 aromatic rings. The maximum Gasteiger partial charge on any atom is 0.291 e. The molecular formula is C22H25NO3S. The molecule has 0 unspecified atom stereocenters. The van der Waals surface area contributed by atoms with Crippen LogP contribution in [0.25, 0.3) is 11.0 Å². The second-order valence-corrected chi connectivity index (χ2v) is 8.32. The fourth-order valence-corrected chi connectivity index (χ4v) is 3.60. The van der Waals surface area contributed by atoms with E-state index in [1.807, 2.05) is 48.7 Å². The van der Waals surface area contributed by atoms with Crippen molar-refractivity contribution in [1.82, 2.24) is 0 Å². The highest BCUT2D eigenvalue weighted by Crippen LogP contribution is 2.33. The SMILES string of the molecule is COc1ccc(C(C)(C)C)cc1NC(=O)c1oc2ccccc2c1CSC. The van der Waals surface area contributed by atoms with Gasteiger partial charge in [-0.25, -0.2) is 0 Å². The van der Waals surface area contributed by atoms with Crippen LogP contribution in [0.15, 0.2) is 46.9 Å². The molecule has 5 heteroatoms. The molecule has 3 rings (SSSR count). The fourth-order valence-electron chi connectivity index (χ4n) is 3.02.